The number of nitrogens with zero attached hydrogens (tertiary/aromatic N) is 2. The minimum absolute atomic E-state index is 0.133. The van der Waals surface area contributed by atoms with Crippen LogP contribution in [0.5, 0.6) is 5.75 Å². The zero-order valence-corrected chi connectivity index (χ0v) is 12.6. The van der Waals surface area contributed by atoms with Gasteiger partial charge in [-0.3, -0.25) is 4.57 Å². The fourth-order valence-electron chi connectivity index (χ4n) is 2.27. The Morgan fingerprint density at radius 2 is 2.29 bits per heavy atom. The fraction of sp³-hybridized carbons (Fsp3) is 0.429. The SMILES string of the molecule is COc1ccccc1C(N)CSc1n[nH]c(=O)n1C1CC1. The molecule has 1 unspecified atom stereocenters. The third-order valence-corrected chi connectivity index (χ3v) is 4.59. The molecule has 0 aliphatic heterocycles. The van der Waals surface area contributed by atoms with E-state index in [1.165, 1.54) is 11.8 Å². The first-order chi connectivity index (χ1) is 10.2. The van der Waals surface area contributed by atoms with Gasteiger partial charge in [-0.15, -0.1) is 5.10 Å². The lowest BCUT2D eigenvalue weighted by Gasteiger charge is -2.15. The van der Waals surface area contributed by atoms with Crippen molar-refractivity contribution in [2.75, 3.05) is 12.9 Å². The van der Waals surface area contributed by atoms with Gasteiger partial charge in [0, 0.05) is 23.4 Å². The first kappa shape index (κ1) is 14.2. The molecule has 1 saturated carbocycles. The van der Waals surface area contributed by atoms with Gasteiger partial charge in [-0.2, -0.15) is 0 Å². The molecule has 7 heteroatoms. The molecule has 0 radical (unpaired) electrons. The molecule has 0 bridgehead atoms. The number of aromatic nitrogens is 3. The molecule has 3 N–H and O–H groups in total. The monoisotopic (exact) mass is 306 g/mol. The van der Waals surface area contributed by atoms with Gasteiger partial charge in [-0.25, -0.2) is 9.89 Å². The summed E-state index contributed by atoms with van der Waals surface area (Å²) in [7, 11) is 1.64. The first-order valence-electron chi connectivity index (χ1n) is 6.89. The maximum Gasteiger partial charge on any atom is 0.344 e. The largest absolute Gasteiger partial charge is 0.496 e. The number of H-pyrrole nitrogens is 1. The molecule has 21 heavy (non-hydrogen) atoms. The van der Waals surface area contributed by atoms with Gasteiger partial charge in [0.1, 0.15) is 5.75 Å². The highest BCUT2D eigenvalue weighted by molar-refractivity contribution is 7.99. The average molecular weight is 306 g/mol. The standard InChI is InChI=1S/C14H18N4O2S/c1-20-12-5-3-2-4-10(12)11(15)8-21-14-17-16-13(19)18(14)9-6-7-9/h2-5,9,11H,6-8,15H2,1H3,(H,16,19). The number of para-hydroxylation sites is 1. The maximum absolute atomic E-state index is 11.7. The van der Waals surface area contributed by atoms with Crippen LogP contribution in [0.1, 0.15) is 30.5 Å². The van der Waals surface area contributed by atoms with Gasteiger partial charge in [0.15, 0.2) is 5.16 Å². The summed E-state index contributed by atoms with van der Waals surface area (Å²) in [6.45, 7) is 0. The molecule has 1 aromatic heterocycles. The van der Waals surface area contributed by atoms with Crippen LogP contribution in [0.25, 0.3) is 0 Å². The Morgan fingerprint density at radius 1 is 1.52 bits per heavy atom. The molecule has 1 heterocycles. The third kappa shape index (κ3) is 2.98. The van der Waals surface area contributed by atoms with E-state index in [-0.39, 0.29) is 11.7 Å². The van der Waals surface area contributed by atoms with Crippen LogP contribution in [0.4, 0.5) is 0 Å². The predicted octanol–water partition coefficient (Wildman–Crippen LogP) is 1.71. The van der Waals surface area contributed by atoms with Gasteiger partial charge in [-0.1, -0.05) is 30.0 Å². The number of hydrogen-bond donors (Lipinski definition) is 2. The van der Waals surface area contributed by atoms with Gasteiger partial charge < -0.3 is 10.5 Å². The Morgan fingerprint density at radius 3 is 3.00 bits per heavy atom. The minimum atomic E-state index is -0.175. The number of ether oxygens (including phenoxy) is 1. The lowest BCUT2D eigenvalue weighted by Crippen LogP contribution is -2.17. The fourth-order valence-corrected chi connectivity index (χ4v) is 3.26. The number of nitrogens with one attached hydrogen (secondary N) is 1. The Hall–Kier alpha value is -1.73. The Labute approximate surface area is 126 Å². The van der Waals surface area contributed by atoms with Crippen LogP contribution in [0.2, 0.25) is 0 Å². The van der Waals surface area contributed by atoms with E-state index in [0.717, 1.165) is 24.2 Å². The maximum atomic E-state index is 11.7. The van der Waals surface area contributed by atoms with Crippen molar-refractivity contribution < 1.29 is 4.74 Å². The first-order valence-corrected chi connectivity index (χ1v) is 7.87. The summed E-state index contributed by atoms with van der Waals surface area (Å²) >= 11 is 1.50. The molecule has 2 aromatic rings. The highest BCUT2D eigenvalue weighted by Gasteiger charge is 2.28. The van der Waals surface area contributed by atoms with E-state index < -0.39 is 0 Å². The van der Waals surface area contributed by atoms with Crippen molar-refractivity contribution in [1.82, 2.24) is 14.8 Å². The second-order valence-corrected chi connectivity index (χ2v) is 6.06. The Balaban J connectivity index is 1.71. The average Bonchev–Trinajstić information content (AvgIpc) is 3.28. The zero-order chi connectivity index (χ0) is 14.8. The molecule has 1 aliphatic carbocycles. The van der Waals surface area contributed by atoms with Crippen molar-refractivity contribution in [3.8, 4) is 5.75 Å². The van der Waals surface area contributed by atoms with Crippen molar-refractivity contribution in [3.05, 3.63) is 40.3 Å². The topological polar surface area (TPSA) is 85.9 Å². The van der Waals surface area contributed by atoms with Crippen molar-refractivity contribution in [1.29, 1.82) is 0 Å². The van der Waals surface area contributed by atoms with Crippen LogP contribution < -0.4 is 16.2 Å². The van der Waals surface area contributed by atoms with E-state index >= 15 is 0 Å². The summed E-state index contributed by atoms with van der Waals surface area (Å²) in [5.41, 5.74) is 7.07. The van der Waals surface area contributed by atoms with E-state index in [9.17, 15) is 4.79 Å². The van der Waals surface area contributed by atoms with Gasteiger partial charge in [-0.05, 0) is 18.9 Å². The molecule has 1 atom stereocenters. The Kier molecular flexibility index (Phi) is 4.03. The molecule has 1 aromatic carbocycles. The molecule has 1 fully saturated rings. The van der Waals surface area contributed by atoms with Gasteiger partial charge in [0.25, 0.3) is 0 Å². The summed E-state index contributed by atoms with van der Waals surface area (Å²) in [5.74, 6) is 1.42. The second kappa shape index (κ2) is 5.95. The number of nitrogens with two attached hydrogens (primary N) is 1. The zero-order valence-electron chi connectivity index (χ0n) is 11.8. The normalized spacial score (nSPS) is 15.9. The van der Waals surface area contributed by atoms with E-state index in [2.05, 4.69) is 10.2 Å². The summed E-state index contributed by atoms with van der Waals surface area (Å²) in [6.07, 6.45) is 2.09. The molecule has 0 spiro atoms. The smallest absolute Gasteiger partial charge is 0.344 e. The van der Waals surface area contributed by atoms with Gasteiger partial charge in [0.05, 0.1) is 7.11 Å². The van der Waals surface area contributed by atoms with Crippen LogP contribution in [0, 0.1) is 0 Å². The molecular weight excluding hydrogens is 288 g/mol. The predicted molar refractivity (Wildman–Crippen MR) is 81.8 cm³/mol. The van der Waals surface area contributed by atoms with Gasteiger partial charge in [0.2, 0.25) is 0 Å². The number of hydrogen-bond acceptors (Lipinski definition) is 5. The number of thioether (sulfide) groups is 1. The summed E-state index contributed by atoms with van der Waals surface area (Å²) < 4.78 is 7.06. The lowest BCUT2D eigenvalue weighted by atomic mass is 10.1. The molecule has 0 saturated heterocycles. The van der Waals surface area contributed by atoms with Crippen molar-refractivity contribution in [2.24, 2.45) is 5.73 Å². The molecule has 3 rings (SSSR count). The van der Waals surface area contributed by atoms with Crippen molar-refractivity contribution >= 4 is 11.8 Å². The molecule has 1 aliphatic rings. The van der Waals surface area contributed by atoms with Crippen LogP contribution in [-0.2, 0) is 0 Å². The Bertz CT molecular complexity index is 678. The number of benzene rings is 1. The van der Waals surface area contributed by atoms with E-state index in [1.54, 1.807) is 11.7 Å². The molecule has 0 amide bonds. The second-order valence-electron chi connectivity index (χ2n) is 5.07. The summed E-state index contributed by atoms with van der Waals surface area (Å²) in [5, 5.41) is 7.32. The van der Waals surface area contributed by atoms with Crippen LogP contribution in [0.15, 0.2) is 34.2 Å². The van der Waals surface area contributed by atoms with E-state index in [1.807, 2.05) is 24.3 Å². The molecule has 6 nitrogen and oxygen atoms in total. The van der Waals surface area contributed by atoms with Crippen molar-refractivity contribution in [3.63, 3.8) is 0 Å². The summed E-state index contributed by atoms with van der Waals surface area (Å²) in [6, 6.07) is 7.85. The molecular formula is C14H18N4O2S. The lowest BCUT2D eigenvalue weighted by molar-refractivity contribution is 0.407. The number of methoxy groups -OCH3 is 1. The summed E-state index contributed by atoms with van der Waals surface area (Å²) in [4.78, 5) is 11.7. The van der Waals surface area contributed by atoms with Crippen LogP contribution >= 0.6 is 11.8 Å². The highest BCUT2D eigenvalue weighted by Crippen LogP contribution is 2.36. The van der Waals surface area contributed by atoms with Crippen LogP contribution in [0.3, 0.4) is 0 Å². The van der Waals surface area contributed by atoms with Crippen LogP contribution in [-0.4, -0.2) is 27.6 Å². The molecule has 112 valence electrons. The minimum Gasteiger partial charge on any atom is -0.496 e. The van der Waals surface area contributed by atoms with E-state index in [4.69, 9.17) is 10.5 Å². The van der Waals surface area contributed by atoms with Crippen molar-refractivity contribution in [2.45, 2.75) is 30.1 Å². The van der Waals surface area contributed by atoms with E-state index in [0.29, 0.717) is 17.0 Å². The van der Waals surface area contributed by atoms with Gasteiger partial charge >= 0.3 is 5.69 Å². The third-order valence-electron chi connectivity index (χ3n) is 3.51. The number of aromatic amines is 1. The number of rotatable bonds is 6. The highest BCUT2D eigenvalue weighted by atomic mass is 32.2. The quantitative estimate of drug-likeness (QED) is 0.793.